The van der Waals surface area contributed by atoms with Gasteiger partial charge in [0.05, 0.1) is 19.8 Å². The third kappa shape index (κ3) is 22.7. The molecule has 0 spiro atoms. The molecule has 2 aliphatic rings. The number of unbranched alkanes of at least 4 members (excludes halogenated alkanes) is 22. The van der Waals surface area contributed by atoms with Crippen molar-refractivity contribution >= 4 is 11.9 Å². The van der Waals surface area contributed by atoms with Crippen LogP contribution in [0.4, 0.5) is 0 Å². The molecule has 0 saturated carbocycles. The van der Waals surface area contributed by atoms with Gasteiger partial charge in [-0.05, 0) is 12.8 Å². The number of aliphatic hydroxyl groups is 7. The van der Waals surface area contributed by atoms with Crippen LogP contribution in [0.2, 0.25) is 0 Å². The first-order valence-corrected chi connectivity index (χ1v) is 23.6. The largest absolute Gasteiger partial charge is 0.462 e. The van der Waals surface area contributed by atoms with E-state index in [1.165, 1.54) is 103 Å². The van der Waals surface area contributed by atoms with Crippen LogP contribution >= 0.6 is 0 Å². The van der Waals surface area contributed by atoms with Crippen molar-refractivity contribution in [3.8, 4) is 0 Å². The van der Waals surface area contributed by atoms with Gasteiger partial charge in [-0.2, -0.15) is 0 Å². The average Bonchev–Trinajstić information content (AvgIpc) is 3.24. The van der Waals surface area contributed by atoms with E-state index in [9.17, 15) is 45.3 Å². The van der Waals surface area contributed by atoms with Crippen molar-refractivity contribution in [1.29, 1.82) is 0 Å². The Morgan fingerprint density at radius 1 is 0.467 bits per heavy atom. The molecule has 0 aromatic carbocycles. The maximum absolute atomic E-state index is 12.9. The van der Waals surface area contributed by atoms with E-state index in [1.807, 2.05) is 0 Å². The molecule has 15 nitrogen and oxygen atoms in total. The molecule has 2 fully saturated rings. The Labute approximate surface area is 359 Å². The number of carbonyl (C=O) groups is 2. The molecule has 2 heterocycles. The number of aliphatic hydroxyl groups excluding tert-OH is 7. The Bertz CT molecular complexity index is 1070. The maximum Gasteiger partial charge on any atom is 0.306 e. The first-order chi connectivity index (χ1) is 29.0. The molecule has 0 bridgehead atoms. The molecule has 11 unspecified atom stereocenters. The number of ether oxygens (including phenoxy) is 6. The van der Waals surface area contributed by atoms with Crippen molar-refractivity contribution in [2.75, 3.05) is 26.4 Å². The number of hydrogen-bond donors (Lipinski definition) is 7. The molecule has 2 aliphatic heterocycles. The van der Waals surface area contributed by atoms with Crippen LogP contribution in [0.25, 0.3) is 0 Å². The van der Waals surface area contributed by atoms with Crippen LogP contribution in [0.1, 0.15) is 181 Å². The number of esters is 2. The predicted molar refractivity (Wildman–Crippen MR) is 225 cm³/mol. The second kappa shape index (κ2) is 34.0. The first kappa shape index (κ1) is 54.6. The molecule has 0 amide bonds. The van der Waals surface area contributed by atoms with Gasteiger partial charge in [0.15, 0.2) is 18.7 Å². The summed E-state index contributed by atoms with van der Waals surface area (Å²) in [6.07, 6.45) is 11.4. The van der Waals surface area contributed by atoms with E-state index in [4.69, 9.17) is 28.4 Å². The van der Waals surface area contributed by atoms with E-state index < -0.39 is 92.7 Å². The molecule has 0 radical (unpaired) electrons. The molecule has 60 heavy (non-hydrogen) atoms. The highest BCUT2D eigenvalue weighted by Crippen LogP contribution is 2.26. The van der Waals surface area contributed by atoms with E-state index in [0.717, 1.165) is 38.5 Å². The lowest BCUT2D eigenvalue weighted by Gasteiger charge is -2.42. The van der Waals surface area contributed by atoms with Gasteiger partial charge in [0.25, 0.3) is 0 Å². The van der Waals surface area contributed by atoms with Crippen LogP contribution in [-0.2, 0) is 38.0 Å². The minimum atomic E-state index is -1.76. The molecular weight excluding hydrogens is 780 g/mol. The standard InChI is InChI=1S/C45H84O15/c1-3-5-7-9-11-13-15-16-18-20-22-24-26-28-37(48)58-33(30-55-36(47)27-25-23-21-19-17-14-12-10-8-6-4-2)31-56-44-43(54)41(52)39(50)35(60-44)32-57-45-42(53)40(51)38(49)34(29-46)59-45/h33-35,38-46,49-54H,3-32H2,1-2H3. The highest BCUT2D eigenvalue weighted by atomic mass is 16.7. The number of rotatable bonds is 36. The normalized spacial score (nSPS) is 27.5. The molecule has 2 rings (SSSR count). The van der Waals surface area contributed by atoms with Crippen molar-refractivity contribution in [2.24, 2.45) is 0 Å². The zero-order valence-corrected chi connectivity index (χ0v) is 37.0. The van der Waals surface area contributed by atoms with Crippen molar-refractivity contribution in [3.05, 3.63) is 0 Å². The SMILES string of the molecule is CCCCCCCCCCCCCCCC(=O)OC(COC(=O)CCCCCCCCCCCCC)COC1OC(COC2OC(CO)C(O)C(O)C2O)C(O)C(O)C1O. The fraction of sp³-hybridized carbons (Fsp3) is 0.956. The molecule has 0 aliphatic carbocycles. The lowest BCUT2D eigenvalue weighted by molar-refractivity contribution is -0.332. The Morgan fingerprint density at radius 2 is 0.850 bits per heavy atom. The van der Waals surface area contributed by atoms with Crippen molar-refractivity contribution < 1.29 is 73.8 Å². The second-order valence-electron chi connectivity index (χ2n) is 17.0. The molecule has 11 atom stereocenters. The third-order valence-corrected chi connectivity index (χ3v) is 11.6. The number of carbonyl (C=O) groups excluding carboxylic acids is 2. The van der Waals surface area contributed by atoms with Gasteiger partial charge in [-0.15, -0.1) is 0 Å². The van der Waals surface area contributed by atoms with E-state index in [0.29, 0.717) is 12.8 Å². The summed E-state index contributed by atoms with van der Waals surface area (Å²) < 4.78 is 33.5. The monoisotopic (exact) mass is 865 g/mol. The lowest BCUT2D eigenvalue weighted by atomic mass is 9.98. The summed E-state index contributed by atoms with van der Waals surface area (Å²) in [7, 11) is 0. The molecule has 2 saturated heterocycles. The Balaban J connectivity index is 1.84. The maximum atomic E-state index is 12.9. The van der Waals surface area contributed by atoms with Crippen molar-refractivity contribution in [1.82, 2.24) is 0 Å². The fourth-order valence-corrected chi connectivity index (χ4v) is 7.63. The van der Waals surface area contributed by atoms with Crippen LogP contribution < -0.4 is 0 Å². The molecule has 354 valence electrons. The second-order valence-corrected chi connectivity index (χ2v) is 17.0. The summed E-state index contributed by atoms with van der Waals surface area (Å²) in [4.78, 5) is 25.6. The first-order valence-electron chi connectivity index (χ1n) is 23.6. The lowest BCUT2D eigenvalue weighted by Crippen LogP contribution is -2.61. The highest BCUT2D eigenvalue weighted by molar-refractivity contribution is 5.70. The van der Waals surface area contributed by atoms with Crippen LogP contribution in [0.3, 0.4) is 0 Å². The summed E-state index contributed by atoms with van der Waals surface area (Å²) in [5.41, 5.74) is 0. The molecule has 0 aromatic rings. The van der Waals surface area contributed by atoms with Gasteiger partial charge in [0, 0.05) is 12.8 Å². The van der Waals surface area contributed by atoms with E-state index in [-0.39, 0.29) is 26.1 Å². The van der Waals surface area contributed by atoms with Gasteiger partial charge in [0.2, 0.25) is 0 Å². The Morgan fingerprint density at radius 3 is 1.30 bits per heavy atom. The van der Waals surface area contributed by atoms with Gasteiger partial charge in [-0.25, -0.2) is 0 Å². The minimum Gasteiger partial charge on any atom is -0.462 e. The summed E-state index contributed by atoms with van der Waals surface area (Å²) in [6, 6.07) is 0. The van der Waals surface area contributed by atoms with E-state index in [1.54, 1.807) is 0 Å². The molecule has 0 aromatic heterocycles. The average molecular weight is 865 g/mol. The summed E-state index contributed by atoms with van der Waals surface area (Å²) in [5.74, 6) is -0.916. The van der Waals surface area contributed by atoms with Gasteiger partial charge >= 0.3 is 11.9 Å². The third-order valence-electron chi connectivity index (χ3n) is 11.6. The predicted octanol–water partition coefficient (Wildman–Crippen LogP) is 5.26. The van der Waals surface area contributed by atoms with Gasteiger partial charge in [-0.3, -0.25) is 9.59 Å². The Kier molecular flexibility index (Phi) is 30.9. The van der Waals surface area contributed by atoms with Crippen molar-refractivity contribution in [3.63, 3.8) is 0 Å². The van der Waals surface area contributed by atoms with Gasteiger partial charge < -0.3 is 64.2 Å². The highest BCUT2D eigenvalue weighted by Gasteiger charge is 2.47. The summed E-state index contributed by atoms with van der Waals surface area (Å²) in [5, 5.41) is 71.8. The molecule has 7 N–H and O–H groups in total. The Hall–Kier alpha value is -1.50. The van der Waals surface area contributed by atoms with E-state index in [2.05, 4.69) is 13.8 Å². The summed E-state index contributed by atoms with van der Waals surface area (Å²) in [6.45, 7) is 2.58. The van der Waals surface area contributed by atoms with Gasteiger partial charge in [-0.1, -0.05) is 155 Å². The van der Waals surface area contributed by atoms with Gasteiger partial charge in [0.1, 0.15) is 55.4 Å². The summed E-state index contributed by atoms with van der Waals surface area (Å²) >= 11 is 0. The van der Waals surface area contributed by atoms with Crippen LogP contribution in [0.5, 0.6) is 0 Å². The van der Waals surface area contributed by atoms with Crippen molar-refractivity contribution in [2.45, 2.75) is 248 Å². The minimum absolute atomic E-state index is 0.172. The smallest absolute Gasteiger partial charge is 0.306 e. The molecule has 15 heteroatoms. The quantitative estimate of drug-likeness (QED) is 0.0315. The number of hydrogen-bond acceptors (Lipinski definition) is 15. The van der Waals surface area contributed by atoms with E-state index >= 15 is 0 Å². The molecular formula is C45H84O15. The zero-order valence-electron chi connectivity index (χ0n) is 37.0. The van der Waals surface area contributed by atoms with Crippen LogP contribution in [0.15, 0.2) is 0 Å². The fourth-order valence-electron chi connectivity index (χ4n) is 7.63. The zero-order chi connectivity index (χ0) is 44.0. The van der Waals surface area contributed by atoms with Crippen LogP contribution in [-0.4, -0.2) is 142 Å². The topological polar surface area (TPSA) is 231 Å². The van der Waals surface area contributed by atoms with Crippen LogP contribution in [0, 0.1) is 0 Å².